The number of carbonyl (C=O) groups is 2. The summed E-state index contributed by atoms with van der Waals surface area (Å²) in [7, 11) is 2.21. The molecule has 0 bridgehead atoms. The number of rotatable bonds is 3. The third-order valence-corrected chi connectivity index (χ3v) is 3.51. The molecule has 0 amide bonds. The van der Waals surface area contributed by atoms with E-state index in [-0.39, 0.29) is 11.3 Å². The third-order valence-electron chi connectivity index (χ3n) is 3.15. The second-order valence-corrected chi connectivity index (χ2v) is 4.89. The van der Waals surface area contributed by atoms with Crippen molar-refractivity contribution >= 4 is 29.2 Å². The Morgan fingerprint density at radius 2 is 1.67 bits per heavy atom. The van der Waals surface area contributed by atoms with Crippen LogP contribution in [0.1, 0.15) is 0 Å². The SMILES string of the molecule is COC(=O)C1=C(C(=O)OC)N(c2c(F)ccc(F)c2Cl)C=CC=C1. The molecule has 0 fully saturated rings. The van der Waals surface area contributed by atoms with Gasteiger partial charge in [-0.1, -0.05) is 17.7 Å². The van der Waals surface area contributed by atoms with E-state index in [9.17, 15) is 18.4 Å². The first kappa shape index (κ1) is 17.7. The predicted molar refractivity (Wildman–Crippen MR) is 83.2 cm³/mol. The van der Waals surface area contributed by atoms with Crippen LogP contribution in [0.4, 0.5) is 14.5 Å². The lowest BCUT2D eigenvalue weighted by Gasteiger charge is -2.24. The Labute approximate surface area is 141 Å². The van der Waals surface area contributed by atoms with E-state index in [1.165, 1.54) is 24.4 Å². The largest absolute Gasteiger partial charge is 0.465 e. The maximum absolute atomic E-state index is 14.3. The predicted octanol–water partition coefficient (Wildman–Crippen LogP) is 3.11. The van der Waals surface area contributed by atoms with Crippen molar-refractivity contribution in [3.63, 3.8) is 0 Å². The Morgan fingerprint density at radius 3 is 2.29 bits per heavy atom. The Bertz CT molecular complexity index is 787. The lowest BCUT2D eigenvalue weighted by molar-refractivity contribution is -0.139. The zero-order valence-corrected chi connectivity index (χ0v) is 13.4. The van der Waals surface area contributed by atoms with E-state index in [1.54, 1.807) is 0 Å². The first-order valence-corrected chi connectivity index (χ1v) is 6.98. The molecule has 5 nitrogen and oxygen atoms in total. The number of hydrogen-bond donors (Lipinski definition) is 0. The lowest BCUT2D eigenvalue weighted by Crippen LogP contribution is -2.28. The van der Waals surface area contributed by atoms with Crippen LogP contribution in [0.3, 0.4) is 0 Å². The van der Waals surface area contributed by atoms with Gasteiger partial charge in [-0.15, -0.1) is 0 Å². The van der Waals surface area contributed by atoms with Gasteiger partial charge in [-0.25, -0.2) is 18.4 Å². The van der Waals surface area contributed by atoms with Gasteiger partial charge < -0.3 is 14.4 Å². The second kappa shape index (κ2) is 7.27. The molecule has 0 atom stereocenters. The van der Waals surface area contributed by atoms with Crippen molar-refractivity contribution in [3.05, 3.63) is 64.5 Å². The molecule has 1 heterocycles. The molecule has 1 aromatic rings. The van der Waals surface area contributed by atoms with Crippen LogP contribution in [0.2, 0.25) is 5.02 Å². The van der Waals surface area contributed by atoms with Crippen molar-refractivity contribution in [2.45, 2.75) is 0 Å². The smallest absolute Gasteiger partial charge is 0.355 e. The topological polar surface area (TPSA) is 55.8 Å². The van der Waals surface area contributed by atoms with Crippen LogP contribution in [0.25, 0.3) is 0 Å². The minimum atomic E-state index is -0.952. The van der Waals surface area contributed by atoms with Crippen molar-refractivity contribution in [1.82, 2.24) is 0 Å². The number of carbonyl (C=O) groups excluding carboxylic acids is 2. The molecule has 2 rings (SSSR count). The Balaban J connectivity index is 2.78. The van der Waals surface area contributed by atoms with Gasteiger partial charge in [0, 0.05) is 6.20 Å². The van der Waals surface area contributed by atoms with E-state index in [0.29, 0.717) is 0 Å². The van der Waals surface area contributed by atoms with Gasteiger partial charge in [-0.2, -0.15) is 0 Å². The van der Waals surface area contributed by atoms with Gasteiger partial charge >= 0.3 is 11.9 Å². The van der Waals surface area contributed by atoms with E-state index in [2.05, 4.69) is 9.47 Å². The van der Waals surface area contributed by atoms with Crippen LogP contribution >= 0.6 is 11.6 Å². The Kier molecular flexibility index (Phi) is 5.35. The number of halogens is 3. The van der Waals surface area contributed by atoms with Crippen molar-refractivity contribution in [2.75, 3.05) is 19.1 Å². The van der Waals surface area contributed by atoms with Gasteiger partial charge in [0.25, 0.3) is 0 Å². The summed E-state index contributed by atoms with van der Waals surface area (Å²) in [5.41, 5.74) is -0.992. The zero-order valence-electron chi connectivity index (χ0n) is 12.7. The molecule has 0 radical (unpaired) electrons. The molecule has 0 N–H and O–H groups in total. The first-order chi connectivity index (χ1) is 11.4. The van der Waals surface area contributed by atoms with E-state index >= 15 is 0 Å². The number of anilines is 1. The highest BCUT2D eigenvalue weighted by Gasteiger charge is 2.30. The van der Waals surface area contributed by atoms with E-state index < -0.39 is 34.3 Å². The molecule has 8 heteroatoms. The van der Waals surface area contributed by atoms with E-state index in [1.807, 2.05) is 0 Å². The van der Waals surface area contributed by atoms with Crippen LogP contribution in [0.15, 0.2) is 47.8 Å². The van der Waals surface area contributed by atoms with Gasteiger partial charge in [-0.05, 0) is 24.3 Å². The summed E-state index contributed by atoms with van der Waals surface area (Å²) >= 11 is 5.86. The summed E-state index contributed by atoms with van der Waals surface area (Å²) in [6.45, 7) is 0. The van der Waals surface area contributed by atoms with Gasteiger partial charge in [0.05, 0.1) is 19.8 Å². The van der Waals surface area contributed by atoms with Crippen molar-refractivity contribution in [1.29, 1.82) is 0 Å². The van der Waals surface area contributed by atoms with Crippen LogP contribution in [0, 0.1) is 11.6 Å². The quantitative estimate of drug-likeness (QED) is 0.616. The molecule has 1 aliphatic heterocycles. The number of hydrogen-bond acceptors (Lipinski definition) is 5. The maximum atomic E-state index is 14.3. The van der Waals surface area contributed by atoms with Crippen LogP contribution < -0.4 is 4.90 Å². The number of esters is 2. The summed E-state index contributed by atoms with van der Waals surface area (Å²) in [4.78, 5) is 25.1. The summed E-state index contributed by atoms with van der Waals surface area (Å²) < 4.78 is 37.3. The monoisotopic (exact) mass is 355 g/mol. The van der Waals surface area contributed by atoms with Crippen molar-refractivity contribution < 1.29 is 27.8 Å². The number of nitrogens with zero attached hydrogens (tertiary/aromatic N) is 1. The fourth-order valence-electron chi connectivity index (χ4n) is 2.07. The lowest BCUT2D eigenvalue weighted by atomic mass is 10.1. The molecule has 0 saturated carbocycles. The fourth-order valence-corrected chi connectivity index (χ4v) is 2.32. The number of methoxy groups -OCH3 is 2. The minimum absolute atomic E-state index is 0.200. The Morgan fingerprint density at radius 1 is 1.04 bits per heavy atom. The van der Waals surface area contributed by atoms with Crippen LogP contribution in [-0.4, -0.2) is 26.2 Å². The molecule has 0 spiro atoms. The van der Waals surface area contributed by atoms with Crippen LogP contribution in [0.5, 0.6) is 0 Å². The highest BCUT2D eigenvalue weighted by molar-refractivity contribution is 6.33. The highest BCUT2D eigenvalue weighted by atomic mass is 35.5. The number of ether oxygens (including phenoxy) is 2. The second-order valence-electron chi connectivity index (χ2n) is 4.51. The summed E-state index contributed by atoms with van der Waals surface area (Å²) in [6.07, 6.45) is 5.39. The molecular formula is C16H12ClF2NO4. The average molecular weight is 356 g/mol. The van der Waals surface area contributed by atoms with E-state index in [0.717, 1.165) is 31.3 Å². The molecule has 0 aromatic heterocycles. The van der Waals surface area contributed by atoms with Crippen molar-refractivity contribution in [2.24, 2.45) is 0 Å². The summed E-state index contributed by atoms with van der Waals surface area (Å²) in [5.74, 6) is -3.58. The molecule has 1 aromatic carbocycles. The Hall–Kier alpha value is -2.67. The number of benzene rings is 1. The van der Waals surface area contributed by atoms with Gasteiger partial charge in [0.15, 0.2) is 0 Å². The van der Waals surface area contributed by atoms with Gasteiger partial charge in [0.1, 0.15) is 28.0 Å². The third kappa shape index (κ3) is 3.16. The standard InChI is InChI=1S/C16H12ClF2NO4/c1-23-15(21)9-5-3-4-8-20(13(9)16(22)24-2)14-11(19)7-6-10(18)12(14)17/h3-8H,1-2H3. The first-order valence-electron chi connectivity index (χ1n) is 6.60. The molecular weight excluding hydrogens is 344 g/mol. The normalized spacial score (nSPS) is 13.8. The van der Waals surface area contributed by atoms with Gasteiger partial charge in [0.2, 0.25) is 0 Å². The molecule has 126 valence electrons. The fraction of sp³-hybridized carbons (Fsp3) is 0.125. The molecule has 0 unspecified atom stereocenters. The summed E-state index contributed by atoms with van der Waals surface area (Å²) in [6, 6.07) is 1.71. The molecule has 0 aliphatic carbocycles. The van der Waals surface area contributed by atoms with Crippen LogP contribution in [-0.2, 0) is 19.1 Å². The average Bonchev–Trinajstić information content (AvgIpc) is 2.80. The molecule has 24 heavy (non-hydrogen) atoms. The molecule has 1 aliphatic rings. The van der Waals surface area contributed by atoms with Crippen molar-refractivity contribution in [3.8, 4) is 0 Å². The maximum Gasteiger partial charge on any atom is 0.355 e. The van der Waals surface area contributed by atoms with E-state index in [4.69, 9.17) is 11.6 Å². The highest BCUT2D eigenvalue weighted by Crippen LogP contribution is 2.36. The zero-order chi connectivity index (χ0) is 17.9. The molecule has 0 saturated heterocycles. The summed E-state index contributed by atoms with van der Waals surface area (Å²) in [5, 5.41) is -0.549. The number of allylic oxidation sites excluding steroid dienone is 2. The van der Waals surface area contributed by atoms with Gasteiger partial charge in [-0.3, -0.25) is 0 Å². The minimum Gasteiger partial charge on any atom is -0.465 e.